The van der Waals surface area contributed by atoms with Crippen molar-refractivity contribution < 1.29 is 43.1 Å². The number of rotatable bonds is 25. The Morgan fingerprint density at radius 1 is 0.592 bits per heavy atom. The summed E-state index contributed by atoms with van der Waals surface area (Å²) < 4.78 is 4.88. The third-order valence-corrected chi connectivity index (χ3v) is 11.8. The van der Waals surface area contributed by atoms with Crippen molar-refractivity contribution in [3.63, 3.8) is 0 Å². The number of imidazole rings is 2. The number of ether oxygens (including phenoxy) is 1. The Morgan fingerprint density at radius 3 is 1.68 bits per heavy atom. The number of carbonyl (C=O) groups is 8. The van der Waals surface area contributed by atoms with Gasteiger partial charge in [0.2, 0.25) is 41.4 Å². The molecule has 5 aromatic rings. The van der Waals surface area contributed by atoms with Crippen LogP contribution in [0.5, 0.6) is 0 Å². The van der Waals surface area contributed by atoms with Crippen molar-refractivity contribution in [3.05, 3.63) is 107 Å². The van der Waals surface area contributed by atoms with Gasteiger partial charge in [-0.2, -0.15) is 0 Å². The normalized spacial score (nSPS) is 14.2. The fourth-order valence-corrected chi connectivity index (χ4v) is 7.77. The zero-order chi connectivity index (χ0) is 51.8. The highest BCUT2D eigenvalue weighted by Gasteiger charge is 2.34. The number of para-hydroxylation sites is 1. The van der Waals surface area contributed by atoms with Crippen molar-refractivity contribution in [3.8, 4) is 0 Å². The predicted molar refractivity (Wildman–Crippen MR) is 263 cm³/mol. The lowest BCUT2D eigenvalue weighted by molar-refractivity contribution is -0.146. The molecule has 0 aliphatic rings. The van der Waals surface area contributed by atoms with E-state index in [-0.39, 0.29) is 38.0 Å². The maximum atomic E-state index is 14.2. The Hall–Kier alpha value is -7.55. The molecule has 0 aliphatic carbocycles. The second-order valence-electron chi connectivity index (χ2n) is 18.1. The van der Waals surface area contributed by atoms with E-state index in [1.165, 1.54) is 46.0 Å². The Morgan fingerprint density at radius 2 is 1.11 bits per heavy atom. The van der Waals surface area contributed by atoms with Gasteiger partial charge in [-0.1, -0.05) is 69.6 Å². The minimum Gasteiger partial charge on any atom is -0.467 e. The Bertz CT molecular complexity index is 2600. The van der Waals surface area contributed by atoms with E-state index in [4.69, 9.17) is 16.3 Å². The molecule has 3 aromatic heterocycles. The van der Waals surface area contributed by atoms with Gasteiger partial charge in [-0.3, -0.25) is 33.6 Å². The van der Waals surface area contributed by atoms with Crippen LogP contribution in [0, 0.1) is 11.8 Å². The second-order valence-corrected chi connectivity index (χ2v) is 18.5. The standard InChI is InChI=1S/C49H63ClN12O9/c1-26(2)16-40(49(70)71-7)61-47(68)39(20-34-23-52-25-55-34)59-43(64)28(5)57-48(69)42(27(3)4)62-44(65)29(6)56-45(66)37(18-31-21-53-36-11-9-8-10-35(31)36)60-46(67)38(19-33-22-51-24-54-33)58-41(63)17-30-12-14-32(50)15-13-30/h8-15,21-29,37-40,42,53H,16-20H2,1-7H3,(H,51,54)(H,52,55)(H,56,66)(H,57,69)(H,58,63)(H,59,64)(H,60,67)(H,61,68)(H,62,65)/t28-,29+,37+,38+,39+,40+,42+/m1/s1. The van der Waals surface area contributed by atoms with Crippen molar-refractivity contribution >= 4 is 69.8 Å². The number of H-pyrrole nitrogens is 3. The average Bonchev–Trinajstić information content (AvgIpc) is 4.14. The molecule has 0 unspecified atom stereocenters. The van der Waals surface area contributed by atoms with Crippen LogP contribution in [-0.4, -0.2) is 122 Å². The number of carbonyl (C=O) groups excluding carboxylic acids is 8. The number of hydrogen-bond donors (Lipinski definition) is 10. The van der Waals surface area contributed by atoms with Crippen LogP contribution < -0.4 is 37.2 Å². The van der Waals surface area contributed by atoms with Gasteiger partial charge < -0.3 is 56.9 Å². The quantitative estimate of drug-likeness (QED) is 0.0377. The molecule has 71 heavy (non-hydrogen) atoms. The van der Waals surface area contributed by atoms with E-state index >= 15 is 0 Å². The SMILES string of the molecule is COC(=O)[C@H](CC(C)C)NC(=O)[C@H](Cc1cnc[nH]1)NC(=O)[C@@H](C)NC(=O)[C@@H](NC(=O)[C@H](C)NC(=O)[C@H](Cc1c[nH]c2ccccc12)NC(=O)[C@H](Cc1cnc[nH]1)NC(=O)Cc1ccc(Cl)cc1)C(C)C. The number of hydrogen-bond acceptors (Lipinski definition) is 11. The molecule has 380 valence electrons. The zero-order valence-corrected chi connectivity index (χ0v) is 41.4. The third-order valence-electron chi connectivity index (χ3n) is 11.5. The summed E-state index contributed by atoms with van der Waals surface area (Å²) in [6.07, 6.45) is 7.76. The van der Waals surface area contributed by atoms with Crippen LogP contribution in [0.3, 0.4) is 0 Å². The van der Waals surface area contributed by atoms with Gasteiger partial charge in [0, 0.05) is 65.2 Å². The zero-order valence-electron chi connectivity index (χ0n) is 40.7. The molecule has 3 heterocycles. The van der Waals surface area contributed by atoms with E-state index in [0.29, 0.717) is 27.5 Å². The van der Waals surface area contributed by atoms with Gasteiger partial charge in [0.1, 0.15) is 42.3 Å². The maximum absolute atomic E-state index is 14.2. The van der Waals surface area contributed by atoms with Crippen molar-refractivity contribution in [2.45, 2.75) is 116 Å². The number of benzene rings is 2. The van der Waals surface area contributed by atoms with Crippen LogP contribution in [0.2, 0.25) is 5.02 Å². The first kappa shape index (κ1) is 54.4. The number of nitrogens with zero attached hydrogens (tertiary/aromatic N) is 2. The monoisotopic (exact) mass is 998 g/mol. The van der Waals surface area contributed by atoms with Gasteiger partial charge in [0.15, 0.2) is 0 Å². The summed E-state index contributed by atoms with van der Waals surface area (Å²) >= 11 is 6.03. The summed E-state index contributed by atoms with van der Waals surface area (Å²) in [5.74, 6) is -5.87. The van der Waals surface area contributed by atoms with Gasteiger partial charge in [-0.05, 0) is 61.4 Å². The molecule has 0 fully saturated rings. The molecule has 21 nitrogen and oxygen atoms in total. The summed E-state index contributed by atoms with van der Waals surface area (Å²) in [5.41, 5.74) is 3.20. The highest BCUT2D eigenvalue weighted by Crippen LogP contribution is 2.20. The molecule has 0 bridgehead atoms. The van der Waals surface area contributed by atoms with E-state index in [2.05, 4.69) is 62.1 Å². The van der Waals surface area contributed by atoms with Gasteiger partial charge >= 0.3 is 5.97 Å². The fraction of sp³-hybridized carbons (Fsp3) is 0.429. The summed E-state index contributed by atoms with van der Waals surface area (Å²) in [6.45, 7) is 9.93. The largest absolute Gasteiger partial charge is 0.467 e. The van der Waals surface area contributed by atoms with Gasteiger partial charge in [-0.25, -0.2) is 14.8 Å². The summed E-state index contributed by atoms with van der Waals surface area (Å²) in [6, 6.07) is 5.86. The number of esters is 1. The number of aromatic nitrogens is 5. The second kappa shape index (κ2) is 25.9. The van der Waals surface area contributed by atoms with Gasteiger partial charge in [0.05, 0.1) is 26.2 Å². The molecular weight excluding hydrogens is 936 g/mol. The van der Waals surface area contributed by atoms with E-state index in [0.717, 1.165) is 10.9 Å². The van der Waals surface area contributed by atoms with E-state index in [9.17, 15) is 38.4 Å². The number of fused-ring (bicyclic) bond motifs is 1. The number of nitrogens with one attached hydrogen (secondary N) is 10. The van der Waals surface area contributed by atoms with Gasteiger partial charge in [-0.15, -0.1) is 0 Å². The molecule has 0 saturated heterocycles. The van der Waals surface area contributed by atoms with Crippen molar-refractivity contribution in [1.82, 2.24) is 62.1 Å². The van der Waals surface area contributed by atoms with Crippen LogP contribution in [0.1, 0.15) is 70.5 Å². The first-order valence-corrected chi connectivity index (χ1v) is 23.6. The van der Waals surface area contributed by atoms with E-state index < -0.39 is 95.5 Å². The Kier molecular flexibility index (Phi) is 19.8. The molecule has 22 heteroatoms. The summed E-state index contributed by atoms with van der Waals surface area (Å²) in [7, 11) is 1.21. The van der Waals surface area contributed by atoms with Crippen molar-refractivity contribution in [2.24, 2.45) is 11.8 Å². The van der Waals surface area contributed by atoms with Crippen molar-refractivity contribution in [2.75, 3.05) is 7.11 Å². The lowest BCUT2D eigenvalue weighted by atomic mass is 10.0. The third kappa shape index (κ3) is 16.3. The minimum atomic E-state index is -1.27. The number of methoxy groups -OCH3 is 1. The molecule has 7 atom stereocenters. The van der Waals surface area contributed by atoms with E-state index in [1.807, 2.05) is 38.1 Å². The topological polar surface area (TPSA) is 303 Å². The predicted octanol–water partition coefficient (Wildman–Crippen LogP) is 1.85. The summed E-state index contributed by atoms with van der Waals surface area (Å²) in [5, 5.41) is 20.2. The van der Waals surface area contributed by atoms with Crippen LogP contribution in [-0.2, 0) is 68.8 Å². The lowest BCUT2D eigenvalue weighted by Crippen LogP contribution is -2.60. The van der Waals surface area contributed by atoms with Crippen LogP contribution in [0.15, 0.2) is 79.8 Å². The minimum absolute atomic E-state index is 0.00829. The first-order valence-electron chi connectivity index (χ1n) is 23.2. The smallest absolute Gasteiger partial charge is 0.328 e. The van der Waals surface area contributed by atoms with Gasteiger partial charge in [0.25, 0.3) is 0 Å². The highest BCUT2D eigenvalue weighted by molar-refractivity contribution is 6.30. The average molecular weight is 1000 g/mol. The number of halogens is 1. The van der Waals surface area contributed by atoms with Crippen LogP contribution in [0.4, 0.5) is 0 Å². The molecular formula is C49H63ClN12O9. The molecule has 10 N–H and O–H groups in total. The number of amides is 7. The molecule has 7 amide bonds. The first-order chi connectivity index (χ1) is 33.8. The van der Waals surface area contributed by atoms with Crippen molar-refractivity contribution in [1.29, 1.82) is 0 Å². The van der Waals surface area contributed by atoms with Crippen LogP contribution >= 0.6 is 11.6 Å². The summed E-state index contributed by atoms with van der Waals surface area (Å²) in [4.78, 5) is 126. The molecule has 5 rings (SSSR count). The Labute approximate surface area is 415 Å². The molecule has 0 radical (unpaired) electrons. The fourth-order valence-electron chi connectivity index (χ4n) is 7.64. The highest BCUT2D eigenvalue weighted by atomic mass is 35.5. The molecule has 0 saturated carbocycles. The lowest BCUT2D eigenvalue weighted by Gasteiger charge is -2.27. The number of aromatic amines is 3. The Balaban J connectivity index is 1.27. The molecule has 0 spiro atoms. The van der Waals surface area contributed by atoms with Crippen LogP contribution in [0.25, 0.3) is 10.9 Å². The maximum Gasteiger partial charge on any atom is 0.328 e. The van der Waals surface area contributed by atoms with E-state index in [1.54, 1.807) is 44.3 Å². The molecule has 0 aliphatic heterocycles. The molecule has 2 aromatic carbocycles.